The molecule has 0 saturated carbocycles. The van der Waals surface area contributed by atoms with E-state index in [2.05, 4.69) is 10.6 Å². The minimum absolute atomic E-state index is 0.0391. The molecular weight excluding hydrogens is 242 g/mol. The molecule has 2 amide bonds. The minimum Gasteiger partial charge on any atom is -0.350 e. The zero-order chi connectivity index (χ0) is 15.1. The fourth-order valence-corrected chi connectivity index (χ4v) is 1.70. The summed E-state index contributed by atoms with van der Waals surface area (Å²) in [6, 6.07) is -0.288. The molecule has 0 bridgehead atoms. The zero-order valence-electron chi connectivity index (χ0n) is 13.2. The van der Waals surface area contributed by atoms with Gasteiger partial charge in [0.05, 0.1) is 6.04 Å². The standard InChI is InChI=1S/C14H29N3O2/c1-7-17(8-2)12(18)9-10-15-11(3)13(19)16-14(4,5)6/h11,15H,7-10H2,1-6H3,(H,16,19). The van der Waals surface area contributed by atoms with Gasteiger partial charge in [-0.1, -0.05) is 0 Å². The Labute approximate surface area is 117 Å². The number of rotatable bonds is 7. The Bertz CT molecular complexity index is 294. The molecule has 112 valence electrons. The minimum atomic E-state index is -0.288. The Morgan fingerprint density at radius 3 is 2.11 bits per heavy atom. The number of amides is 2. The molecule has 0 radical (unpaired) electrons. The van der Waals surface area contributed by atoms with Crippen molar-refractivity contribution in [2.45, 2.75) is 59.5 Å². The van der Waals surface area contributed by atoms with Gasteiger partial charge in [0.15, 0.2) is 0 Å². The zero-order valence-corrected chi connectivity index (χ0v) is 13.2. The predicted molar refractivity (Wildman–Crippen MR) is 77.9 cm³/mol. The maximum Gasteiger partial charge on any atom is 0.237 e. The molecule has 1 atom stereocenters. The van der Waals surface area contributed by atoms with Gasteiger partial charge in [-0.05, 0) is 41.5 Å². The van der Waals surface area contributed by atoms with Gasteiger partial charge in [-0.3, -0.25) is 9.59 Å². The average Bonchev–Trinajstić information content (AvgIpc) is 2.28. The lowest BCUT2D eigenvalue weighted by molar-refractivity contribution is -0.131. The molecule has 5 heteroatoms. The summed E-state index contributed by atoms with van der Waals surface area (Å²) in [5, 5.41) is 5.98. The van der Waals surface area contributed by atoms with Crippen LogP contribution in [0.5, 0.6) is 0 Å². The van der Waals surface area contributed by atoms with E-state index < -0.39 is 0 Å². The summed E-state index contributed by atoms with van der Waals surface area (Å²) in [6.45, 7) is 13.6. The van der Waals surface area contributed by atoms with E-state index in [1.165, 1.54) is 0 Å². The van der Waals surface area contributed by atoms with Crippen LogP contribution in [0.1, 0.15) is 48.0 Å². The first-order chi connectivity index (χ1) is 8.71. The fraction of sp³-hybridized carbons (Fsp3) is 0.857. The molecule has 0 aromatic heterocycles. The molecular formula is C14H29N3O2. The van der Waals surface area contributed by atoms with Crippen LogP contribution in [0.2, 0.25) is 0 Å². The number of nitrogens with zero attached hydrogens (tertiary/aromatic N) is 1. The Balaban J connectivity index is 4.01. The third kappa shape index (κ3) is 7.82. The summed E-state index contributed by atoms with van der Waals surface area (Å²) in [4.78, 5) is 25.4. The van der Waals surface area contributed by atoms with Gasteiger partial charge in [0.2, 0.25) is 11.8 Å². The summed E-state index contributed by atoms with van der Waals surface area (Å²) in [5.41, 5.74) is -0.232. The van der Waals surface area contributed by atoms with Gasteiger partial charge in [-0.2, -0.15) is 0 Å². The van der Waals surface area contributed by atoms with Crippen LogP contribution in [-0.4, -0.2) is 47.9 Å². The van der Waals surface area contributed by atoms with Crippen LogP contribution in [0.25, 0.3) is 0 Å². The van der Waals surface area contributed by atoms with Gasteiger partial charge in [0.25, 0.3) is 0 Å². The van der Waals surface area contributed by atoms with E-state index in [1.54, 1.807) is 4.90 Å². The maximum absolute atomic E-state index is 11.8. The van der Waals surface area contributed by atoms with E-state index in [4.69, 9.17) is 0 Å². The number of nitrogens with one attached hydrogen (secondary N) is 2. The van der Waals surface area contributed by atoms with E-state index >= 15 is 0 Å². The van der Waals surface area contributed by atoms with Crippen LogP contribution in [-0.2, 0) is 9.59 Å². The van der Waals surface area contributed by atoms with Gasteiger partial charge in [0.1, 0.15) is 0 Å². The summed E-state index contributed by atoms with van der Waals surface area (Å²) in [6.07, 6.45) is 0.425. The van der Waals surface area contributed by atoms with Crippen molar-refractivity contribution in [2.24, 2.45) is 0 Å². The first-order valence-electron chi connectivity index (χ1n) is 7.04. The van der Waals surface area contributed by atoms with Gasteiger partial charge >= 0.3 is 0 Å². The highest BCUT2D eigenvalue weighted by Gasteiger charge is 2.19. The molecule has 19 heavy (non-hydrogen) atoms. The van der Waals surface area contributed by atoms with E-state index in [0.717, 1.165) is 13.1 Å². The smallest absolute Gasteiger partial charge is 0.237 e. The Hall–Kier alpha value is -1.10. The number of carbonyl (C=O) groups is 2. The Morgan fingerprint density at radius 1 is 1.16 bits per heavy atom. The third-order valence-electron chi connectivity index (χ3n) is 2.80. The highest BCUT2D eigenvalue weighted by molar-refractivity contribution is 5.82. The van der Waals surface area contributed by atoms with Crippen molar-refractivity contribution in [2.75, 3.05) is 19.6 Å². The molecule has 0 aliphatic carbocycles. The fourth-order valence-electron chi connectivity index (χ4n) is 1.70. The van der Waals surface area contributed by atoms with E-state index in [-0.39, 0.29) is 23.4 Å². The maximum atomic E-state index is 11.8. The van der Waals surface area contributed by atoms with Crippen LogP contribution in [0.3, 0.4) is 0 Å². The molecule has 0 heterocycles. The summed E-state index contributed by atoms with van der Waals surface area (Å²) < 4.78 is 0. The summed E-state index contributed by atoms with van der Waals surface area (Å²) in [7, 11) is 0. The van der Waals surface area contributed by atoms with Gasteiger partial charge in [-0.15, -0.1) is 0 Å². The number of hydrogen-bond acceptors (Lipinski definition) is 3. The van der Waals surface area contributed by atoms with E-state index in [0.29, 0.717) is 13.0 Å². The molecule has 0 spiro atoms. The van der Waals surface area contributed by atoms with Crippen molar-refractivity contribution in [3.05, 3.63) is 0 Å². The van der Waals surface area contributed by atoms with Gasteiger partial charge in [-0.25, -0.2) is 0 Å². The van der Waals surface area contributed by atoms with Crippen molar-refractivity contribution in [3.63, 3.8) is 0 Å². The predicted octanol–water partition coefficient (Wildman–Crippen LogP) is 1.14. The van der Waals surface area contributed by atoms with Crippen molar-refractivity contribution >= 4 is 11.8 Å². The average molecular weight is 271 g/mol. The normalized spacial score (nSPS) is 12.9. The van der Waals surface area contributed by atoms with Crippen LogP contribution >= 0.6 is 0 Å². The second-order valence-corrected chi connectivity index (χ2v) is 5.73. The second kappa shape index (κ2) is 8.15. The molecule has 0 saturated heterocycles. The van der Waals surface area contributed by atoms with Crippen molar-refractivity contribution < 1.29 is 9.59 Å². The molecule has 1 unspecified atom stereocenters. The third-order valence-corrected chi connectivity index (χ3v) is 2.80. The van der Waals surface area contributed by atoms with E-state index in [9.17, 15) is 9.59 Å². The molecule has 0 aromatic rings. The molecule has 0 aliphatic rings. The largest absolute Gasteiger partial charge is 0.350 e. The summed E-state index contributed by atoms with van der Waals surface area (Å²) >= 11 is 0. The Kier molecular flexibility index (Phi) is 7.68. The SMILES string of the molecule is CCN(CC)C(=O)CCNC(C)C(=O)NC(C)(C)C. The van der Waals surface area contributed by atoms with Crippen LogP contribution in [0.4, 0.5) is 0 Å². The van der Waals surface area contributed by atoms with Gasteiger partial charge in [0, 0.05) is 31.6 Å². The van der Waals surface area contributed by atoms with Crippen LogP contribution in [0.15, 0.2) is 0 Å². The molecule has 2 N–H and O–H groups in total. The monoisotopic (exact) mass is 271 g/mol. The lowest BCUT2D eigenvalue weighted by Crippen LogP contribution is -2.50. The first-order valence-corrected chi connectivity index (χ1v) is 7.04. The quantitative estimate of drug-likeness (QED) is 0.730. The Morgan fingerprint density at radius 2 is 1.68 bits per heavy atom. The molecule has 5 nitrogen and oxygen atoms in total. The molecule has 0 rings (SSSR count). The van der Waals surface area contributed by atoms with Crippen LogP contribution in [0, 0.1) is 0 Å². The molecule has 0 aliphatic heterocycles. The lowest BCUT2D eigenvalue weighted by Gasteiger charge is -2.24. The van der Waals surface area contributed by atoms with Crippen molar-refractivity contribution in [3.8, 4) is 0 Å². The lowest BCUT2D eigenvalue weighted by atomic mass is 10.1. The van der Waals surface area contributed by atoms with Gasteiger partial charge < -0.3 is 15.5 Å². The van der Waals surface area contributed by atoms with Crippen molar-refractivity contribution in [1.82, 2.24) is 15.5 Å². The topological polar surface area (TPSA) is 61.4 Å². The summed E-state index contributed by atoms with van der Waals surface area (Å²) in [5.74, 6) is 0.0868. The van der Waals surface area contributed by atoms with Crippen LogP contribution < -0.4 is 10.6 Å². The highest BCUT2D eigenvalue weighted by atomic mass is 16.2. The first kappa shape index (κ1) is 17.9. The van der Waals surface area contributed by atoms with E-state index in [1.807, 2.05) is 41.5 Å². The molecule has 0 fully saturated rings. The highest BCUT2D eigenvalue weighted by Crippen LogP contribution is 1.99. The number of carbonyl (C=O) groups excluding carboxylic acids is 2. The molecule has 0 aromatic carbocycles. The van der Waals surface area contributed by atoms with Crippen molar-refractivity contribution in [1.29, 1.82) is 0 Å². The number of hydrogen-bond donors (Lipinski definition) is 2. The second-order valence-electron chi connectivity index (χ2n) is 5.73.